The third kappa shape index (κ3) is 1.71. The van der Waals surface area contributed by atoms with Gasteiger partial charge in [0, 0.05) is 11.1 Å². The highest BCUT2D eigenvalue weighted by atomic mass is 32.1. The van der Waals surface area contributed by atoms with Crippen LogP contribution in [0.2, 0.25) is 0 Å². The van der Waals surface area contributed by atoms with E-state index in [1.807, 2.05) is 25.3 Å². The number of hydrogen-bond acceptors (Lipinski definition) is 3. The molecule has 0 aliphatic rings. The molecular formula is C10H13N3S. The predicted molar refractivity (Wildman–Crippen MR) is 59.4 cm³/mol. The van der Waals surface area contributed by atoms with Crippen molar-refractivity contribution in [3.8, 4) is 10.7 Å². The molecule has 2 heterocycles. The van der Waals surface area contributed by atoms with Crippen LogP contribution in [-0.4, -0.2) is 16.5 Å². The molecule has 14 heavy (non-hydrogen) atoms. The monoisotopic (exact) mass is 207 g/mol. The SMILES string of the molecule is Cc1nc(-c2ccc[nH]2)sc1CCN. The molecule has 0 aliphatic carbocycles. The first-order chi connectivity index (χ1) is 6.81. The van der Waals surface area contributed by atoms with E-state index < -0.39 is 0 Å². The largest absolute Gasteiger partial charge is 0.359 e. The zero-order chi connectivity index (χ0) is 9.97. The number of nitrogens with zero attached hydrogens (tertiary/aromatic N) is 1. The lowest BCUT2D eigenvalue weighted by Crippen LogP contribution is -2.01. The molecule has 0 saturated heterocycles. The molecule has 0 aliphatic heterocycles. The Balaban J connectivity index is 2.33. The Kier molecular flexibility index (Phi) is 2.65. The van der Waals surface area contributed by atoms with Crippen LogP contribution < -0.4 is 5.73 Å². The summed E-state index contributed by atoms with van der Waals surface area (Å²) in [5, 5.41) is 1.05. The molecule has 0 bridgehead atoms. The van der Waals surface area contributed by atoms with E-state index in [1.165, 1.54) is 4.88 Å². The summed E-state index contributed by atoms with van der Waals surface area (Å²) < 4.78 is 0. The highest BCUT2D eigenvalue weighted by molar-refractivity contribution is 7.15. The molecule has 4 heteroatoms. The fraction of sp³-hybridized carbons (Fsp3) is 0.300. The Hall–Kier alpha value is -1.13. The minimum Gasteiger partial charge on any atom is -0.359 e. The van der Waals surface area contributed by atoms with E-state index in [0.717, 1.165) is 22.8 Å². The summed E-state index contributed by atoms with van der Waals surface area (Å²) in [6.07, 6.45) is 2.83. The Morgan fingerprint density at radius 3 is 3.07 bits per heavy atom. The van der Waals surface area contributed by atoms with Gasteiger partial charge in [0.25, 0.3) is 0 Å². The third-order valence-electron chi connectivity index (χ3n) is 2.09. The van der Waals surface area contributed by atoms with E-state index in [4.69, 9.17) is 5.73 Å². The Morgan fingerprint density at radius 1 is 1.57 bits per heavy atom. The number of thiazole rings is 1. The highest BCUT2D eigenvalue weighted by Gasteiger charge is 2.08. The van der Waals surface area contributed by atoms with Crippen LogP contribution in [0.5, 0.6) is 0 Å². The van der Waals surface area contributed by atoms with Gasteiger partial charge in [0.15, 0.2) is 0 Å². The van der Waals surface area contributed by atoms with Gasteiger partial charge in [0.1, 0.15) is 5.01 Å². The quantitative estimate of drug-likeness (QED) is 0.808. The summed E-state index contributed by atoms with van der Waals surface area (Å²) in [4.78, 5) is 8.95. The van der Waals surface area contributed by atoms with Crippen molar-refractivity contribution in [2.45, 2.75) is 13.3 Å². The first-order valence-corrected chi connectivity index (χ1v) is 5.43. The van der Waals surface area contributed by atoms with Gasteiger partial charge in [-0.3, -0.25) is 0 Å². The van der Waals surface area contributed by atoms with Crippen molar-refractivity contribution in [3.05, 3.63) is 28.9 Å². The first kappa shape index (κ1) is 9.43. The lowest BCUT2D eigenvalue weighted by molar-refractivity contribution is 0.970. The molecule has 3 N–H and O–H groups in total. The van der Waals surface area contributed by atoms with Crippen LogP contribution in [0.4, 0.5) is 0 Å². The van der Waals surface area contributed by atoms with Gasteiger partial charge in [-0.1, -0.05) is 0 Å². The third-order valence-corrected chi connectivity index (χ3v) is 3.34. The summed E-state index contributed by atoms with van der Waals surface area (Å²) in [5.74, 6) is 0. The van der Waals surface area contributed by atoms with Gasteiger partial charge in [-0.2, -0.15) is 0 Å². The van der Waals surface area contributed by atoms with Crippen molar-refractivity contribution in [3.63, 3.8) is 0 Å². The number of aromatic amines is 1. The topological polar surface area (TPSA) is 54.7 Å². The number of hydrogen-bond donors (Lipinski definition) is 2. The van der Waals surface area contributed by atoms with Crippen molar-refractivity contribution < 1.29 is 0 Å². The lowest BCUT2D eigenvalue weighted by Gasteiger charge is -1.91. The van der Waals surface area contributed by atoms with Gasteiger partial charge in [0.2, 0.25) is 0 Å². The maximum Gasteiger partial charge on any atom is 0.140 e. The number of rotatable bonds is 3. The van der Waals surface area contributed by atoms with Crippen molar-refractivity contribution in [1.82, 2.24) is 9.97 Å². The summed E-state index contributed by atoms with van der Waals surface area (Å²) >= 11 is 1.72. The number of aromatic nitrogens is 2. The van der Waals surface area contributed by atoms with Crippen molar-refractivity contribution >= 4 is 11.3 Å². The summed E-state index contributed by atoms with van der Waals surface area (Å²) in [5.41, 5.74) is 7.71. The van der Waals surface area contributed by atoms with Crippen LogP contribution >= 0.6 is 11.3 Å². The van der Waals surface area contributed by atoms with Gasteiger partial charge in [0.05, 0.1) is 11.4 Å². The van der Waals surface area contributed by atoms with Crippen molar-refractivity contribution in [2.24, 2.45) is 5.73 Å². The standard InChI is InChI=1S/C10H13N3S/c1-7-9(4-5-11)14-10(13-7)8-3-2-6-12-8/h2-3,6,12H,4-5,11H2,1H3. The van der Waals surface area contributed by atoms with E-state index in [2.05, 4.69) is 9.97 Å². The van der Waals surface area contributed by atoms with Gasteiger partial charge in [-0.25, -0.2) is 4.98 Å². The second-order valence-electron chi connectivity index (χ2n) is 3.15. The molecule has 3 nitrogen and oxygen atoms in total. The van der Waals surface area contributed by atoms with Gasteiger partial charge in [-0.05, 0) is 32.0 Å². The molecular weight excluding hydrogens is 194 g/mol. The Labute approximate surface area is 87.0 Å². The van der Waals surface area contributed by atoms with E-state index in [9.17, 15) is 0 Å². The summed E-state index contributed by atoms with van der Waals surface area (Å²) in [6.45, 7) is 2.72. The number of H-pyrrole nitrogens is 1. The Bertz CT molecular complexity index is 403. The van der Waals surface area contributed by atoms with Crippen molar-refractivity contribution in [2.75, 3.05) is 6.54 Å². The van der Waals surface area contributed by atoms with Gasteiger partial charge in [-0.15, -0.1) is 11.3 Å². The molecule has 0 aromatic carbocycles. The minimum atomic E-state index is 0.688. The first-order valence-electron chi connectivity index (χ1n) is 4.61. The molecule has 0 radical (unpaired) electrons. The average Bonchev–Trinajstić information content (AvgIpc) is 2.76. The van der Waals surface area contributed by atoms with E-state index in [0.29, 0.717) is 6.54 Å². The molecule has 0 spiro atoms. The highest BCUT2D eigenvalue weighted by Crippen LogP contribution is 2.26. The van der Waals surface area contributed by atoms with Gasteiger partial charge >= 0.3 is 0 Å². The average molecular weight is 207 g/mol. The fourth-order valence-corrected chi connectivity index (χ4v) is 2.44. The molecule has 0 amide bonds. The van der Waals surface area contributed by atoms with E-state index >= 15 is 0 Å². The van der Waals surface area contributed by atoms with Crippen LogP contribution in [0, 0.1) is 6.92 Å². The number of aryl methyl sites for hydroxylation is 1. The van der Waals surface area contributed by atoms with Crippen LogP contribution in [-0.2, 0) is 6.42 Å². The zero-order valence-electron chi connectivity index (χ0n) is 8.08. The molecule has 2 aromatic rings. The molecule has 0 unspecified atom stereocenters. The second-order valence-corrected chi connectivity index (χ2v) is 4.23. The Morgan fingerprint density at radius 2 is 2.43 bits per heavy atom. The van der Waals surface area contributed by atoms with Crippen LogP contribution in [0.1, 0.15) is 10.6 Å². The molecule has 0 atom stereocenters. The molecule has 2 rings (SSSR count). The van der Waals surface area contributed by atoms with E-state index in [-0.39, 0.29) is 0 Å². The van der Waals surface area contributed by atoms with Gasteiger partial charge < -0.3 is 10.7 Å². The van der Waals surface area contributed by atoms with Crippen LogP contribution in [0.25, 0.3) is 10.7 Å². The van der Waals surface area contributed by atoms with Crippen molar-refractivity contribution in [1.29, 1.82) is 0 Å². The minimum absolute atomic E-state index is 0.688. The smallest absolute Gasteiger partial charge is 0.140 e. The van der Waals surface area contributed by atoms with Crippen LogP contribution in [0.3, 0.4) is 0 Å². The summed E-state index contributed by atoms with van der Waals surface area (Å²) in [7, 11) is 0. The van der Waals surface area contributed by atoms with Crippen LogP contribution in [0.15, 0.2) is 18.3 Å². The zero-order valence-corrected chi connectivity index (χ0v) is 8.90. The molecule has 0 fully saturated rings. The maximum atomic E-state index is 5.53. The lowest BCUT2D eigenvalue weighted by atomic mass is 10.3. The molecule has 2 aromatic heterocycles. The summed E-state index contributed by atoms with van der Waals surface area (Å²) in [6, 6.07) is 4.01. The normalized spacial score (nSPS) is 10.7. The fourth-order valence-electron chi connectivity index (χ4n) is 1.37. The number of nitrogens with one attached hydrogen (secondary N) is 1. The second kappa shape index (κ2) is 3.94. The molecule has 0 saturated carbocycles. The van der Waals surface area contributed by atoms with E-state index in [1.54, 1.807) is 11.3 Å². The predicted octanol–water partition coefficient (Wildman–Crippen LogP) is 1.95. The number of nitrogens with two attached hydrogens (primary N) is 1. The molecule has 74 valence electrons. The maximum absolute atomic E-state index is 5.53.